The normalized spacial score (nSPS) is 13.2. The van der Waals surface area contributed by atoms with E-state index in [1.807, 2.05) is 0 Å². The molecule has 20 heavy (non-hydrogen) atoms. The zero-order chi connectivity index (χ0) is 15.7. The first kappa shape index (κ1) is 16.8. The van der Waals surface area contributed by atoms with Crippen molar-refractivity contribution in [2.24, 2.45) is 0 Å². The van der Waals surface area contributed by atoms with Crippen LogP contribution in [0.1, 0.15) is 25.3 Å². The molecule has 10 heteroatoms. The van der Waals surface area contributed by atoms with Crippen molar-refractivity contribution in [3.63, 3.8) is 0 Å². The maximum Gasteiger partial charge on any atom is 0.434 e. The van der Waals surface area contributed by atoms with Gasteiger partial charge in [0.05, 0.1) is 5.56 Å². The fraction of sp³-hybridized carbons (Fsp3) is 0.600. The summed E-state index contributed by atoms with van der Waals surface area (Å²) in [7, 11) is 0. The van der Waals surface area contributed by atoms with Crippen LogP contribution in [0, 0.1) is 0 Å². The molecule has 0 spiro atoms. The minimum absolute atomic E-state index is 0.118. The minimum Gasteiger partial charge on any atom is -0.454 e. The third-order valence-corrected chi connectivity index (χ3v) is 2.50. The molecular weight excluding hydrogens is 314 g/mol. The van der Waals surface area contributed by atoms with Crippen molar-refractivity contribution < 1.29 is 31.1 Å². The number of halogens is 7. The van der Waals surface area contributed by atoms with E-state index in [0.29, 0.717) is 0 Å². The van der Waals surface area contributed by atoms with Gasteiger partial charge in [-0.15, -0.1) is 0 Å². The van der Waals surface area contributed by atoms with E-state index in [4.69, 9.17) is 11.6 Å². The molecule has 0 unspecified atom stereocenters. The van der Waals surface area contributed by atoms with Crippen LogP contribution in [-0.2, 0) is 0 Å². The highest BCUT2D eigenvalue weighted by Crippen LogP contribution is 2.38. The molecular formula is C10H9ClF6N2O. The molecule has 1 rings (SSSR count). The van der Waals surface area contributed by atoms with Crippen molar-refractivity contribution in [2.75, 3.05) is 0 Å². The van der Waals surface area contributed by atoms with E-state index in [0.717, 1.165) is 6.33 Å². The second-order valence-electron chi connectivity index (χ2n) is 4.12. The first-order valence-corrected chi connectivity index (χ1v) is 5.63. The van der Waals surface area contributed by atoms with Crippen molar-refractivity contribution in [2.45, 2.75) is 38.2 Å². The van der Waals surface area contributed by atoms with Gasteiger partial charge in [0.15, 0.2) is 0 Å². The third-order valence-electron chi connectivity index (χ3n) is 2.20. The number of hydrogen-bond acceptors (Lipinski definition) is 3. The predicted octanol–water partition coefficient (Wildman–Crippen LogP) is 4.13. The van der Waals surface area contributed by atoms with E-state index < -0.39 is 30.3 Å². The second kappa shape index (κ2) is 5.63. The Morgan fingerprint density at radius 3 is 1.95 bits per heavy atom. The summed E-state index contributed by atoms with van der Waals surface area (Å²) in [5, 5.41) is -0.256. The topological polar surface area (TPSA) is 35.0 Å². The monoisotopic (exact) mass is 322 g/mol. The Balaban J connectivity index is 3.23. The Labute approximate surface area is 114 Å². The maximum atomic E-state index is 12.4. The molecule has 0 aliphatic heterocycles. The summed E-state index contributed by atoms with van der Waals surface area (Å²) in [5.41, 5.74) is -0.118. The molecule has 0 aromatic carbocycles. The summed E-state index contributed by atoms with van der Waals surface area (Å²) in [6.45, 7) is 3.02. The van der Waals surface area contributed by atoms with E-state index in [2.05, 4.69) is 14.7 Å². The van der Waals surface area contributed by atoms with Crippen LogP contribution in [0.2, 0.25) is 5.15 Å². The summed E-state index contributed by atoms with van der Waals surface area (Å²) < 4.78 is 78.5. The summed E-state index contributed by atoms with van der Waals surface area (Å²) in [6, 6.07) is 0. The molecule has 0 N–H and O–H groups in total. The molecule has 114 valence electrons. The summed E-state index contributed by atoms with van der Waals surface area (Å²) in [4.78, 5) is 6.81. The Morgan fingerprint density at radius 1 is 1.05 bits per heavy atom. The van der Waals surface area contributed by atoms with Crippen molar-refractivity contribution in [3.05, 3.63) is 17.0 Å². The number of hydrogen-bond donors (Lipinski definition) is 0. The van der Waals surface area contributed by atoms with Crippen molar-refractivity contribution in [1.29, 1.82) is 0 Å². The van der Waals surface area contributed by atoms with Crippen molar-refractivity contribution in [3.8, 4) is 5.88 Å². The van der Waals surface area contributed by atoms with Gasteiger partial charge in [-0.3, -0.25) is 0 Å². The zero-order valence-corrected chi connectivity index (χ0v) is 10.9. The molecule has 1 aromatic rings. The average molecular weight is 323 g/mol. The average Bonchev–Trinajstić information content (AvgIpc) is 2.22. The Morgan fingerprint density at radius 2 is 1.55 bits per heavy atom. The smallest absolute Gasteiger partial charge is 0.434 e. The highest BCUT2D eigenvalue weighted by atomic mass is 35.5. The molecule has 0 aliphatic carbocycles. The lowest BCUT2D eigenvalue weighted by atomic mass is 10.1. The molecule has 1 aromatic heterocycles. The molecule has 0 radical (unpaired) electrons. The van der Waals surface area contributed by atoms with E-state index >= 15 is 0 Å². The number of rotatable bonds is 3. The number of alkyl halides is 6. The number of ether oxygens (including phenoxy) is 1. The summed E-state index contributed by atoms with van der Waals surface area (Å²) >= 11 is 5.64. The highest BCUT2D eigenvalue weighted by Gasteiger charge is 2.59. The van der Waals surface area contributed by atoms with Crippen LogP contribution in [0.3, 0.4) is 0 Å². The van der Waals surface area contributed by atoms with E-state index in [-0.39, 0.29) is 10.7 Å². The fourth-order valence-electron chi connectivity index (χ4n) is 1.37. The molecule has 3 nitrogen and oxygen atoms in total. The van der Waals surface area contributed by atoms with Crippen LogP contribution in [0.15, 0.2) is 6.33 Å². The van der Waals surface area contributed by atoms with Crippen molar-refractivity contribution in [1.82, 2.24) is 9.97 Å². The van der Waals surface area contributed by atoms with Gasteiger partial charge in [0.1, 0.15) is 11.5 Å². The Kier molecular flexibility index (Phi) is 4.73. The molecule has 0 saturated carbocycles. The van der Waals surface area contributed by atoms with Crippen LogP contribution in [0.4, 0.5) is 26.3 Å². The molecule has 0 bridgehead atoms. The third kappa shape index (κ3) is 3.87. The van der Waals surface area contributed by atoms with E-state index in [1.165, 1.54) is 13.8 Å². The predicted molar refractivity (Wildman–Crippen MR) is 57.7 cm³/mol. The van der Waals surface area contributed by atoms with Crippen LogP contribution in [0.25, 0.3) is 0 Å². The lowest BCUT2D eigenvalue weighted by Gasteiger charge is -2.24. The van der Waals surface area contributed by atoms with Crippen LogP contribution < -0.4 is 4.74 Å². The Hall–Kier alpha value is -1.25. The zero-order valence-electron chi connectivity index (χ0n) is 10.2. The first-order valence-electron chi connectivity index (χ1n) is 5.25. The maximum absolute atomic E-state index is 12.4. The van der Waals surface area contributed by atoms with E-state index in [1.54, 1.807) is 0 Å². The van der Waals surface area contributed by atoms with Gasteiger partial charge in [0.2, 0.25) is 5.88 Å². The lowest BCUT2D eigenvalue weighted by molar-refractivity contribution is -0.300. The van der Waals surface area contributed by atoms with Crippen molar-refractivity contribution >= 4 is 11.6 Å². The Bertz CT molecular complexity index is 460. The molecule has 0 amide bonds. The summed E-state index contributed by atoms with van der Waals surface area (Å²) in [6.07, 6.45) is -14.5. The van der Waals surface area contributed by atoms with E-state index in [9.17, 15) is 26.3 Å². The number of aromatic nitrogens is 2. The van der Waals surface area contributed by atoms with Gasteiger partial charge >= 0.3 is 12.4 Å². The molecule has 0 aliphatic rings. The lowest BCUT2D eigenvalue weighted by Crippen LogP contribution is -2.46. The first-order chi connectivity index (χ1) is 8.94. The minimum atomic E-state index is -5.62. The number of nitrogens with zero attached hydrogens (tertiary/aromatic N) is 2. The van der Waals surface area contributed by atoms with Crippen LogP contribution in [0.5, 0.6) is 5.88 Å². The van der Waals surface area contributed by atoms with Gasteiger partial charge < -0.3 is 4.74 Å². The quantitative estimate of drug-likeness (QED) is 0.620. The summed E-state index contributed by atoms with van der Waals surface area (Å²) in [5.74, 6) is -1.35. The van der Waals surface area contributed by atoms with Gasteiger partial charge in [0, 0.05) is 0 Å². The van der Waals surface area contributed by atoms with Gasteiger partial charge in [-0.1, -0.05) is 25.4 Å². The van der Waals surface area contributed by atoms with Gasteiger partial charge in [-0.2, -0.15) is 26.3 Å². The van der Waals surface area contributed by atoms with Gasteiger partial charge in [0.25, 0.3) is 6.10 Å². The standard InChI is InChI=1S/C10H9ClF6N2O/c1-4(2)5-6(11)18-3-19-7(5)20-8(9(12,13)14)10(15,16)17/h3-4,8H,1-2H3. The van der Waals surface area contributed by atoms with Gasteiger partial charge in [-0.05, 0) is 5.92 Å². The second-order valence-corrected chi connectivity index (χ2v) is 4.48. The molecule has 0 saturated heterocycles. The van der Waals surface area contributed by atoms with Crippen LogP contribution in [-0.4, -0.2) is 28.4 Å². The highest BCUT2D eigenvalue weighted by molar-refractivity contribution is 6.30. The molecule has 0 fully saturated rings. The fourth-order valence-corrected chi connectivity index (χ4v) is 1.71. The van der Waals surface area contributed by atoms with Gasteiger partial charge in [-0.25, -0.2) is 9.97 Å². The SMILES string of the molecule is CC(C)c1c(Cl)ncnc1OC(C(F)(F)F)C(F)(F)F. The largest absolute Gasteiger partial charge is 0.454 e. The molecule has 1 heterocycles. The van der Waals surface area contributed by atoms with Crippen LogP contribution >= 0.6 is 11.6 Å². The molecule has 0 atom stereocenters.